The van der Waals surface area contributed by atoms with E-state index in [1.807, 2.05) is 10.8 Å². The molecule has 2 heterocycles. The molecule has 7 heteroatoms. The average Bonchev–Trinajstić information content (AvgIpc) is 2.75. The number of carbonyl (C=O) groups is 1. The minimum atomic E-state index is -0.354. The molecule has 4 N–H and O–H groups in total. The molecule has 0 saturated heterocycles. The summed E-state index contributed by atoms with van der Waals surface area (Å²) in [5, 5.41) is 12.3. The highest BCUT2D eigenvalue weighted by atomic mass is 32.1. The van der Waals surface area contributed by atoms with Gasteiger partial charge in [-0.2, -0.15) is 16.3 Å². The lowest BCUT2D eigenvalue weighted by Gasteiger charge is -1.97. The van der Waals surface area contributed by atoms with Gasteiger partial charge in [-0.3, -0.25) is 9.89 Å². The molecule has 0 bridgehead atoms. The summed E-state index contributed by atoms with van der Waals surface area (Å²) in [5.41, 5.74) is 5.99. The number of aromatic amines is 1. The molecule has 2 aromatic heterocycles. The topological polar surface area (TPSA) is 96.7 Å². The lowest BCUT2D eigenvalue weighted by Crippen LogP contribution is -2.13. The van der Waals surface area contributed by atoms with Crippen LogP contribution in [0, 0.1) is 0 Å². The van der Waals surface area contributed by atoms with Crippen molar-refractivity contribution in [1.29, 1.82) is 0 Å². The normalized spacial score (nSPS) is 10.0. The highest BCUT2D eigenvalue weighted by Crippen LogP contribution is 2.12. The average molecular weight is 209 g/mol. The molecule has 0 saturated carbocycles. The number of H-pyrrole nitrogens is 1. The van der Waals surface area contributed by atoms with Crippen LogP contribution in [0.1, 0.15) is 10.6 Å². The monoisotopic (exact) mass is 209 g/mol. The largest absolute Gasteiger partial charge is 0.366 e. The van der Waals surface area contributed by atoms with Crippen molar-refractivity contribution >= 4 is 28.9 Å². The number of hydrogen-bond acceptors (Lipinski definition) is 5. The van der Waals surface area contributed by atoms with Crippen LogP contribution in [-0.4, -0.2) is 21.1 Å². The number of nitrogen functional groups attached to an aromatic ring is 1. The molecule has 2 rings (SSSR count). The van der Waals surface area contributed by atoms with Crippen molar-refractivity contribution in [2.24, 2.45) is 0 Å². The molecule has 0 fully saturated rings. The molecule has 0 aliphatic rings. The summed E-state index contributed by atoms with van der Waals surface area (Å²) in [5.74, 6) is -0.193. The van der Waals surface area contributed by atoms with Gasteiger partial charge in [0.1, 0.15) is 0 Å². The van der Waals surface area contributed by atoms with Crippen molar-refractivity contribution in [2.45, 2.75) is 0 Å². The molecule has 0 aromatic carbocycles. The summed E-state index contributed by atoms with van der Waals surface area (Å²) in [6.45, 7) is 0. The molecule has 0 aliphatic carbocycles. The van der Waals surface area contributed by atoms with E-state index in [4.69, 9.17) is 5.73 Å². The van der Waals surface area contributed by atoms with Gasteiger partial charge in [0.2, 0.25) is 11.8 Å². The minimum Gasteiger partial charge on any atom is -0.366 e. The zero-order chi connectivity index (χ0) is 9.97. The van der Waals surface area contributed by atoms with Crippen molar-refractivity contribution in [3.05, 3.63) is 22.7 Å². The first-order valence-corrected chi connectivity index (χ1v) is 4.71. The van der Waals surface area contributed by atoms with E-state index in [1.165, 1.54) is 11.3 Å². The number of nitrogens with one attached hydrogen (secondary N) is 2. The molecule has 0 aliphatic heterocycles. The van der Waals surface area contributed by atoms with Crippen LogP contribution in [0.5, 0.6) is 0 Å². The Kier molecular flexibility index (Phi) is 2.15. The summed E-state index contributed by atoms with van der Waals surface area (Å²) in [6, 6.07) is 1.79. The fourth-order valence-electron chi connectivity index (χ4n) is 0.902. The van der Waals surface area contributed by atoms with E-state index in [0.717, 1.165) is 5.69 Å². The number of aromatic nitrogens is 3. The van der Waals surface area contributed by atoms with Gasteiger partial charge in [0, 0.05) is 5.38 Å². The van der Waals surface area contributed by atoms with E-state index in [1.54, 1.807) is 6.07 Å². The first-order valence-electron chi connectivity index (χ1n) is 3.77. The zero-order valence-electron chi connectivity index (χ0n) is 7.02. The second-order valence-electron chi connectivity index (χ2n) is 2.51. The van der Waals surface area contributed by atoms with Gasteiger partial charge in [0.05, 0.1) is 5.69 Å². The first-order chi connectivity index (χ1) is 6.75. The number of thiophene rings is 1. The Morgan fingerprint density at radius 1 is 1.64 bits per heavy atom. The van der Waals surface area contributed by atoms with Crippen molar-refractivity contribution in [3.8, 4) is 0 Å². The number of rotatable bonds is 2. The number of nitrogens with two attached hydrogens (primary N) is 1. The maximum atomic E-state index is 11.4. The van der Waals surface area contributed by atoms with E-state index < -0.39 is 0 Å². The van der Waals surface area contributed by atoms with Crippen LogP contribution in [0.2, 0.25) is 0 Å². The van der Waals surface area contributed by atoms with E-state index in [0.29, 0.717) is 0 Å². The van der Waals surface area contributed by atoms with Gasteiger partial charge in [0.25, 0.3) is 5.91 Å². The fraction of sp³-hybridized carbons (Fsp3) is 0. The molecule has 0 spiro atoms. The van der Waals surface area contributed by atoms with Crippen LogP contribution in [0.25, 0.3) is 0 Å². The predicted molar refractivity (Wildman–Crippen MR) is 53.1 cm³/mol. The molecule has 72 valence electrons. The Morgan fingerprint density at radius 3 is 3.07 bits per heavy atom. The smallest absolute Gasteiger partial charge is 0.293 e. The lowest BCUT2D eigenvalue weighted by atomic mass is 10.5. The Morgan fingerprint density at radius 2 is 2.50 bits per heavy atom. The Balaban J connectivity index is 2.10. The quantitative estimate of drug-likeness (QED) is 0.678. The van der Waals surface area contributed by atoms with Crippen molar-refractivity contribution in [3.63, 3.8) is 0 Å². The Hall–Kier alpha value is -1.89. The summed E-state index contributed by atoms with van der Waals surface area (Å²) in [4.78, 5) is 15.1. The molecular weight excluding hydrogens is 202 g/mol. The van der Waals surface area contributed by atoms with Crippen LogP contribution >= 0.6 is 11.3 Å². The number of carbonyl (C=O) groups excluding carboxylic acids is 1. The standard InChI is InChI=1S/C7H7N5OS/c8-7-10-5(11-12-7)6(13)9-4-1-2-14-3-4/h1-3H,(H,9,13)(H3,8,10,11,12). The van der Waals surface area contributed by atoms with Crippen LogP contribution in [-0.2, 0) is 0 Å². The third-order valence-corrected chi connectivity index (χ3v) is 2.18. The highest BCUT2D eigenvalue weighted by molar-refractivity contribution is 7.08. The second kappa shape index (κ2) is 3.46. The van der Waals surface area contributed by atoms with Crippen LogP contribution in [0.3, 0.4) is 0 Å². The van der Waals surface area contributed by atoms with Gasteiger partial charge in [-0.05, 0) is 11.4 Å². The number of nitrogens with zero attached hydrogens (tertiary/aromatic N) is 2. The van der Waals surface area contributed by atoms with E-state index >= 15 is 0 Å². The molecular formula is C7H7N5OS. The SMILES string of the molecule is Nc1n[nH]c(C(=O)Nc2ccsc2)n1. The third-order valence-electron chi connectivity index (χ3n) is 1.50. The first kappa shape index (κ1) is 8.70. The van der Waals surface area contributed by atoms with Crippen LogP contribution < -0.4 is 11.1 Å². The number of anilines is 2. The Labute approximate surface area is 83.2 Å². The predicted octanol–water partition coefficient (Wildman–Crippen LogP) is 0.701. The van der Waals surface area contributed by atoms with Crippen LogP contribution in [0.15, 0.2) is 16.8 Å². The summed E-state index contributed by atoms with van der Waals surface area (Å²) >= 11 is 1.50. The summed E-state index contributed by atoms with van der Waals surface area (Å²) in [7, 11) is 0. The maximum Gasteiger partial charge on any atom is 0.293 e. The second-order valence-corrected chi connectivity index (χ2v) is 3.29. The van der Waals surface area contributed by atoms with Crippen LogP contribution in [0.4, 0.5) is 11.6 Å². The summed E-state index contributed by atoms with van der Waals surface area (Å²) in [6.07, 6.45) is 0. The molecule has 0 atom stereocenters. The molecule has 0 radical (unpaired) electrons. The highest BCUT2D eigenvalue weighted by Gasteiger charge is 2.10. The third kappa shape index (κ3) is 1.72. The fourth-order valence-corrected chi connectivity index (χ4v) is 1.49. The van der Waals surface area contributed by atoms with Crippen molar-refractivity contribution < 1.29 is 4.79 Å². The van der Waals surface area contributed by atoms with Gasteiger partial charge < -0.3 is 11.1 Å². The minimum absolute atomic E-state index is 0.0560. The molecule has 2 aromatic rings. The Bertz CT molecular complexity index is 435. The van der Waals surface area contributed by atoms with Crippen molar-refractivity contribution in [1.82, 2.24) is 15.2 Å². The van der Waals surface area contributed by atoms with E-state index in [-0.39, 0.29) is 17.7 Å². The number of amides is 1. The van der Waals surface area contributed by atoms with Crippen molar-refractivity contribution in [2.75, 3.05) is 11.1 Å². The molecule has 14 heavy (non-hydrogen) atoms. The summed E-state index contributed by atoms with van der Waals surface area (Å²) < 4.78 is 0. The van der Waals surface area contributed by atoms with Gasteiger partial charge in [-0.1, -0.05) is 0 Å². The van der Waals surface area contributed by atoms with Gasteiger partial charge >= 0.3 is 0 Å². The van der Waals surface area contributed by atoms with E-state index in [2.05, 4.69) is 20.5 Å². The molecule has 1 amide bonds. The zero-order valence-corrected chi connectivity index (χ0v) is 7.84. The van der Waals surface area contributed by atoms with E-state index in [9.17, 15) is 4.79 Å². The molecule has 6 nitrogen and oxygen atoms in total. The lowest BCUT2D eigenvalue weighted by molar-refractivity contribution is 0.101. The van der Waals surface area contributed by atoms with Gasteiger partial charge in [-0.25, -0.2) is 0 Å². The van der Waals surface area contributed by atoms with Gasteiger partial charge in [0.15, 0.2) is 0 Å². The van der Waals surface area contributed by atoms with Gasteiger partial charge in [-0.15, -0.1) is 5.10 Å². The molecule has 0 unspecified atom stereocenters. The maximum absolute atomic E-state index is 11.4. The number of hydrogen-bond donors (Lipinski definition) is 3.